The molecule has 1 aromatic rings. The molecule has 1 aliphatic rings. The van der Waals surface area contributed by atoms with Crippen LogP contribution in [-0.2, 0) is 11.2 Å². The van der Waals surface area contributed by atoms with Crippen LogP contribution in [0.4, 0.5) is 10.5 Å². The van der Waals surface area contributed by atoms with Crippen molar-refractivity contribution < 1.29 is 9.53 Å². The SMILES string of the molecule is CNCC1CCc2ccccc2N1C(=O)OC(C)(C)C. The van der Waals surface area contributed by atoms with Crippen molar-refractivity contribution in [2.24, 2.45) is 0 Å². The molecule has 0 aromatic heterocycles. The van der Waals surface area contributed by atoms with Crippen LogP contribution in [0.1, 0.15) is 32.8 Å². The van der Waals surface area contributed by atoms with Crippen molar-refractivity contribution >= 4 is 11.8 Å². The second kappa shape index (κ2) is 5.83. The number of nitrogens with zero attached hydrogens (tertiary/aromatic N) is 1. The lowest BCUT2D eigenvalue weighted by molar-refractivity contribution is 0.0560. The number of amides is 1. The zero-order chi connectivity index (χ0) is 14.8. The van der Waals surface area contributed by atoms with Crippen LogP contribution < -0.4 is 10.2 Å². The number of para-hydroxylation sites is 1. The summed E-state index contributed by atoms with van der Waals surface area (Å²) >= 11 is 0. The quantitative estimate of drug-likeness (QED) is 0.903. The zero-order valence-electron chi connectivity index (χ0n) is 12.8. The number of anilines is 1. The molecule has 1 aromatic carbocycles. The van der Waals surface area contributed by atoms with Gasteiger partial charge in [-0.2, -0.15) is 0 Å². The number of carbonyl (C=O) groups is 1. The van der Waals surface area contributed by atoms with Crippen molar-refractivity contribution in [3.8, 4) is 0 Å². The summed E-state index contributed by atoms with van der Waals surface area (Å²) < 4.78 is 5.57. The second-order valence-corrected chi connectivity index (χ2v) is 6.23. The standard InChI is InChI=1S/C16H24N2O2/c1-16(2,3)20-15(19)18-13(11-17-4)10-9-12-7-5-6-8-14(12)18/h5-8,13,17H,9-11H2,1-4H3. The Morgan fingerprint density at radius 1 is 1.40 bits per heavy atom. The van der Waals surface area contributed by atoms with Crippen molar-refractivity contribution in [1.29, 1.82) is 0 Å². The van der Waals surface area contributed by atoms with E-state index >= 15 is 0 Å². The molecule has 1 atom stereocenters. The lowest BCUT2D eigenvalue weighted by atomic mass is 9.96. The summed E-state index contributed by atoms with van der Waals surface area (Å²) in [5, 5.41) is 3.17. The molecule has 2 rings (SSSR count). The molecule has 1 amide bonds. The van der Waals surface area contributed by atoms with Crippen molar-refractivity contribution in [1.82, 2.24) is 5.32 Å². The van der Waals surface area contributed by atoms with E-state index in [4.69, 9.17) is 4.74 Å². The molecule has 20 heavy (non-hydrogen) atoms. The molecular formula is C16H24N2O2. The Hall–Kier alpha value is -1.55. The molecular weight excluding hydrogens is 252 g/mol. The van der Waals surface area contributed by atoms with E-state index in [1.165, 1.54) is 5.56 Å². The zero-order valence-corrected chi connectivity index (χ0v) is 12.8. The van der Waals surface area contributed by atoms with Crippen LogP contribution in [0.15, 0.2) is 24.3 Å². The topological polar surface area (TPSA) is 41.6 Å². The van der Waals surface area contributed by atoms with E-state index in [2.05, 4.69) is 11.4 Å². The van der Waals surface area contributed by atoms with Gasteiger partial charge in [0.2, 0.25) is 0 Å². The van der Waals surface area contributed by atoms with Crippen molar-refractivity contribution in [3.63, 3.8) is 0 Å². The van der Waals surface area contributed by atoms with Gasteiger partial charge in [-0.3, -0.25) is 4.90 Å². The molecule has 0 saturated heterocycles. The van der Waals surface area contributed by atoms with Crippen molar-refractivity contribution in [3.05, 3.63) is 29.8 Å². The number of ether oxygens (including phenoxy) is 1. The van der Waals surface area contributed by atoms with Crippen molar-refractivity contribution in [2.75, 3.05) is 18.5 Å². The number of fused-ring (bicyclic) bond motifs is 1. The number of rotatable bonds is 2. The van der Waals surface area contributed by atoms with Crippen LogP contribution in [0.3, 0.4) is 0 Å². The maximum absolute atomic E-state index is 12.5. The Kier molecular flexibility index (Phi) is 4.33. The van der Waals surface area contributed by atoms with Gasteiger partial charge >= 0.3 is 6.09 Å². The summed E-state index contributed by atoms with van der Waals surface area (Å²) in [5.74, 6) is 0. The summed E-state index contributed by atoms with van der Waals surface area (Å²) in [6.45, 7) is 6.46. The average molecular weight is 276 g/mol. The van der Waals surface area contributed by atoms with Crippen LogP contribution in [0, 0.1) is 0 Å². The summed E-state index contributed by atoms with van der Waals surface area (Å²) in [7, 11) is 1.91. The van der Waals surface area contributed by atoms with Gasteiger partial charge in [0.25, 0.3) is 0 Å². The first kappa shape index (κ1) is 14.9. The average Bonchev–Trinajstić information content (AvgIpc) is 2.36. The highest BCUT2D eigenvalue weighted by Crippen LogP contribution is 2.31. The Balaban J connectivity index is 2.31. The van der Waals surface area contributed by atoms with Crippen LogP contribution >= 0.6 is 0 Å². The maximum Gasteiger partial charge on any atom is 0.415 e. The fourth-order valence-electron chi connectivity index (χ4n) is 2.59. The van der Waals surface area contributed by atoms with Gasteiger partial charge in [-0.05, 0) is 52.3 Å². The number of hydrogen-bond donors (Lipinski definition) is 1. The Labute approximate surface area is 121 Å². The van der Waals surface area contributed by atoms with Gasteiger partial charge in [-0.25, -0.2) is 4.79 Å². The number of carbonyl (C=O) groups excluding carboxylic acids is 1. The first-order valence-electron chi connectivity index (χ1n) is 7.17. The Morgan fingerprint density at radius 2 is 2.10 bits per heavy atom. The monoisotopic (exact) mass is 276 g/mol. The summed E-state index contributed by atoms with van der Waals surface area (Å²) in [5.41, 5.74) is 1.71. The molecule has 0 aliphatic carbocycles. The van der Waals surface area contributed by atoms with Gasteiger partial charge in [-0.15, -0.1) is 0 Å². The molecule has 1 unspecified atom stereocenters. The molecule has 110 valence electrons. The van der Waals surface area contributed by atoms with Crippen LogP contribution in [-0.4, -0.2) is 31.3 Å². The number of benzene rings is 1. The molecule has 0 saturated carbocycles. The number of nitrogens with one attached hydrogen (secondary N) is 1. The largest absolute Gasteiger partial charge is 0.443 e. The van der Waals surface area contributed by atoms with E-state index in [9.17, 15) is 4.79 Å². The summed E-state index contributed by atoms with van der Waals surface area (Å²) in [4.78, 5) is 14.3. The third kappa shape index (κ3) is 3.31. The smallest absolute Gasteiger partial charge is 0.415 e. The minimum Gasteiger partial charge on any atom is -0.443 e. The van der Waals surface area contributed by atoms with E-state index in [0.29, 0.717) is 0 Å². The fraction of sp³-hybridized carbons (Fsp3) is 0.562. The second-order valence-electron chi connectivity index (χ2n) is 6.23. The summed E-state index contributed by atoms with van der Waals surface area (Å²) in [6, 6.07) is 8.22. The van der Waals surface area contributed by atoms with E-state index in [1.807, 2.05) is 46.0 Å². The highest BCUT2D eigenvalue weighted by atomic mass is 16.6. The van der Waals surface area contributed by atoms with E-state index in [-0.39, 0.29) is 12.1 Å². The molecule has 4 heteroatoms. The first-order chi connectivity index (χ1) is 9.42. The molecule has 1 aliphatic heterocycles. The van der Waals surface area contributed by atoms with Gasteiger partial charge in [0.15, 0.2) is 0 Å². The van der Waals surface area contributed by atoms with Gasteiger partial charge in [0, 0.05) is 6.54 Å². The lowest BCUT2D eigenvalue weighted by Gasteiger charge is -2.38. The molecule has 1 N–H and O–H groups in total. The van der Waals surface area contributed by atoms with Crippen LogP contribution in [0.25, 0.3) is 0 Å². The van der Waals surface area contributed by atoms with Gasteiger partial charge in [-0.1, -0.05) is 18.2 Å². The molecule has 0 radical (unpaired) electrons. The molecule has 1 heterocycles. The van der Waals surface area contributed by atoms with Crippen LogP contribution in [0.2, 0.25) is 0 Å². The fourth-order valence-corrected chi connectivity index (χ4v) is 2.59. The predicted molar refractivity (Wildman–Crippen MR) is 81.2 cm³/mol. The third-order valence-electron chi connectivity index (χ3n) is 3.39. The van der Waals surface area contributed by atoms with E-state index < -0.39 is 5.60 Å². The molecule has 0 fully saturated rings. The van der Waals surface area contributed by atoms with E-state index in [1.54, 1.807) is 4.90 Å². The normalized spacial score (nSPS) is 18.6. The predicted octanol–water partition coefficient (Wildman–Crippen LogP) is 2.96. The van der Waals surface area contributed by atoms with E-state index in [0.717, 1.165) is 25.1 Å². The number of aryl methyl sites for hydroxylation is 1. The van der Waals surface area contributed by atoms with Gasteiger partial charge < -0.3 is 10.1 Å². The molecule has 0 bridgehead atoms. The Bertz CT molecular complexity index is 480. The number of hydrogen-bond acceptors (Lipinski definition) is 3. The van der Waals surface area contributed by atoms with Crippen molar-refractivity contribution in [2.45, 2.75) is 45.3 Å². The lowest BCUT2D eigenvalue weighted by Crippen LogP contribution is -2.50. The third-order valence-corrected chi connectivity index (χ3v) is 3.39. The molecule has 0 spiro atoms. The highest BCUT2D eigenvalue weighted by molar-refractivity contribution is 5.90. The first-order valence-corrected chi connectivity index (χ1v) is 7.17. The summed E-state index contributed by atoms with van der Waals surface area (Å²) in [6.07, 6.45) is 1.70. The Morgan fingerprint density at radius 3 is 2.75 bits per heavy atom. The van der Waals surface area contributed by atoms with Crippen LogP contribution in [0.5, 0.6) is 0 Å². The maximum atomic E-state index is 12.5. The highest BCUT2D eigenvalue weighted by Gasteiger charge is 2.33. The minimum absolute atomic E-state index is 0.143. The minimum atomic E-state index is -0.479. The number of likely N-dealkylation sites (N-methyl/N-ethyl adjacent to an activating group) is 1. The molecule has 4 nitrogen and oxygen atoms in total. The van der Waals surface area contributed by atoms with Gasteiger partial charge in [0.05, 0.1) is 11.7 Å². The van der Waals surface area contributed by atoms with Gasteiger partial charge in [0.1, 0.15) is 5.60 Å².